The van der Waals surface area contributed by atoms with Crippen molar-refractivity contribution in [3.05, 3.63) is 352 Å². The Balaban J connectivity index is 0.000000139. The third-order valence-electron chi connectivity index (χ3n) is 20.2. The van der Waals surface area contributed by atoms with Crippen molar-refractivity contribution in [1.82, 2.24) is 29.9 Å². The monoisotopic (exact) mass is 1330 g/mol. The lowest BCUT2D eigenvalue weighted by atomic mass is 9.95. The fourth-order valence-electron chi connectivity index (χ4n) is 15.2. The number of hydrogen-bond donors (Lipinski definition) is 0. The Labute approximate surface area is 597 Å². The minimum atomic E-state index is 0.593. The minimum Gasteiger partial charge on any atom is -0.456 e. The first-order valence-electron chi connectivity index (χ1n) is 35.0. The second-order valence-corrected chi connectivity index (χ2v) is 26.4. The molecule has 4 heterocycles. The summed E-state index contributed by atoms with van der Waals surface area (Å²) in [5, 5.41) is 18.8. The Hall–Kier alpha value is -14.1. The summed E-state index contributed by atoms with van der Waals surface area (Å²) < 4.78 is 13.0. The third kappa shape index (κ3) is 10.6. The summed E-state index contributed by atoms with van der Waals surface area (Å²) in [7, 11) is 0. The molecule has 0 bridgehead atoms. The van der Waals surface area contributed by atoms with E-state index < -0.39 is 0 Å². The zero-order chi connectivity index (χ0) is 68.6. The van der Waals surface area contributed by atoms with Crippen molar-refractivity contribution in [2.75, 3.05) is 0 Å². The van der Waals surface area contributed by atoms with E-state index in [1.54, 1.807) is 0 Å². The van der Waals surface area contributed by atoms with E-state index in [0.717, 1.165) is 116 Å². The Morgan fingerprint density at radius 2 is 0.558 bits per heavy atom. The van der Waals surface area contributed by atoms with E-state index in [-0.39, 0.29) is 0 Å². The summed E-state index contributed by atoms with van der Waals surface area (Å²) in [5.74, 6) is 3.70. The maximum absolute atomic E-state index is 6.71. The van der Waals surface area contributed by atoms with Gasteiger partial charge in [0.1, 0.15) is 22.3 Å². The molecule has 0 unspecified atom stereocenters. The highest BCUT2D eigenvalue weighted by Crippen LogP contribution is 2.45. The zero-order valence-corrected chi connectivity index (χ0v) is 56.0. The molecule has 0 aliphatic carbocycles. The van der Waals surface area contributed by atoms with E-state index in [2.05, 4.69) is 243 Å². The van der Waals surface area contributed by atoms with E-state index in [9.17, 15) is 0 Å². The fourth-order valence-corrected chi connectivity index (χ4v) is 15.2. The number of hydrogen-bond acceptors (Lipinski definition) is 8. The van der Waals surface area contributed by atoms with Gasteiger partial charge in [-0.05, 0) is 153 Å². The number of para-hydroxylation sites is 1. The minimum absolute atomic E-state index is 0.593. The van der Waals surface area contributed by atoms with Crippen molar-refractivity contribution in [2.24, 2.45) is 0 Å². The maximum Gasteiger partial charge on any atom is 0.164 e. The van der Waals surface area contributed by atoms with Gasteiger partial charge in [-0.25, -0.2) is 29.9 Å². The van der Waals surface area contributed by atoms with Gasteiger partial charge in [0.2, 0.25) is 0 Å². The van der Waals surface area contributed by atoms with E-state index >= 15 is 0 Å². The van der Waals surface area contributed by atoms with Crippen LogP contribution < -0.4 is 0 Å². The van der Waals surface area contributed by atoms with Crippen molar-refractivity contribution in [2.45, 2.75) is 0 Å². The zero-order valence-electron chi connectivity index (χ0n) is 56.0. The molecule has 0 saturated carbocycles. The van der Waals surface area contributed by atoms with Gasteiger partial charge in [0.15, 0.2) is 34.9 Å². The molecule has 17 aromatic carbocycles. The van der Waals surface area contributed by atoms with Crippen molar-refractivity contribution in [3.63, 3.8) is 0 Å². The smallest absolute Gasteiger partial charge is 0.164 e. The molecule has 0 radical (unpaired) electrons. The van der Waals surface area contributed by atoms with E-state index in [1.807, 2.05) is 109 Å². The molecule has 484 valence electrons. The molecule has 21 rings (SSSR count). The van der Waals surface area contributed by atoms with Gasteiger partial charge >= 0.3 is 0 Å². The van der Waals surface area contributed by atoms with Gasteiger partial charge in [0, 0.05) is 60.5 Å². The molecule has 0 aliphatic rings. The molecule has 8 heteroatoms. The first-order valence-corrected chi connectivity index (χ1v) is 35.0. The quantitative estimate of drug-likeness (QED) is 0.132. The van der Waals surface area contributed by atoms with Crippen molar-refractivity contribution >= 4 is 109 Å². The number of fused-ring (bicyclic) bond motifs is 16. The molecular formula is C96H58N6O2. The first kappa shape index (κ1) is 59.9. The normalized spacial score (nSPS) is 11.7. The molecule has 104 heavy (non-hydrogen) atoms. The second-order valence-electron chi connectivity index (χ2n) is 26.4. The maximum atomic E-state index is 6.71. The van der Waals surface area contributed by atoms with Crippen molar-refractivity contribution < 1.29 is 8.83 Å². The summed E-state index contributed by atoms with van der Waals surface area (Å²) in [6.07, 6.45) is 0. The van der Waals surface area contributed by atoms with E-state index in [4.69, 9.17) is 38.7 Å². The van der Waals surface area contributed by atoms with Crippen LogP contribution in [-0.4, -0.2) is 29.9 Å². The lowest BCUT2D eigenvalue weighted by molar-refractivity contribution is 0.669. The van der Waals surface area contributed by atoms with Crippen LogP contribution in [-0.2, 0) is 0 Å². The number of furan rings is 2. The van der Waals surface area contributed by atoms with Crippen LogP contribution in [0.1, 0.15) is 0 Å². The molecule has 0 amide bonds. The largest absolute Gasteiger partial charge is 0.456 e. The van der Waals surface area contributed by atoms with Crippen LogP contribution in [0.2, 0.25) is 0 Å². The van der Waals surface area contributed by atoms with E-state index in [0.29, 0.717) is 34.9 Å². The highest BCUT2D eigenvalue weighted by atomic mass is 16.3. The second kappa shape index (κ2) is 25.0. The molecule has 4 aromatic heterocycles. The Kier molecular flexibility index (Phi) is 14.4. The molecule has 0 saturated heterocycles. The van der Waals surface area contributed by atoms with Gasteiger partial charge in [-0.15, -0.1) is 0 Å². The predicted octanol–water partition coefficient (Wildman–Crippen LogP) is 25.5. The van der Waals surface area contributed by atoms with Gasteiger partial charge in [0.25, 0.3) is 0 Å². The first-order chi connectivity index (χ1) is 51.5. The summed E-state index contributed by atoms with van der Waals surface area (Å²) >= 11 is 0. The molecule has 0 N–H and O–H groups in total. The standard InChI is InChI=1S/C51H31N3O.C45H27N3O/c1-3-12-32(13-4-1)35-17-11-18-36(30-35)41-28-29-45(47-44-20-9-10-21-46(44)55-48(41)47)51-53-49(34-15-5-2-6-16-34)52-50(54-51)38-24-25-40-37(31-38)23-27-42-39-19-8-7-14-33(39)22-26-43(40)42;1-3-10-28(11-4-1)36-16-9-17-41-42(36)39-27-33(21-25-40(39)49-41)45-47-43(30-13-5-2-6-14-30)46-44(48-45)32-20-22-35-31(26-32)19-24-37-34-15-8-7-12-29(34)18-23-38(35)37/h1-31H;1-27H. The SMILES string of the molecule is c1ccc(-c2cccc(-c3ccc(-c4nc(-c5ccccc5)nc(-c5ccc6c(ccc7c8ccccc8ccc67)c5)n4)c4c3oc3ccccc34)c2)cc1.c1ccc(-c2nc(-c3ccc4c(ccc5c6ccccc6ccc45)c3)nc(-c3ccc4oc5cccc(-c6ccccc6)c5c4c3)n2)cc1. The fraction of sp³-hybridized carbons (Fsp3) is 0. The Morgan fingerprint density at radius 3 is 1.13 bits per heavy atom. The van der Waals surface area contributed by atoms with Gasteiger partial charge in [-0.1, -0.05) is 291 Å². The topological polar surface area (TPSA) is 104 Å². The highest BCUT2D eigenvalue weighted by molar-refractivity contribution is 6.20. The Bertz CT molecular complexity index is 6980. The number of benzene rings is 17. The van der Waals surface area contributed by atoms with Crippen LogP contribution in [0.3, 0.4) is 0 Å². The van der Waals surface area contributed by atoms with Gasteiger partial charge < -0.3 is 8.83 Å². The van der Waals surface area contributed by atoms with Crippen LogP contribution in [0, 0.1) is 0 Å². The molecule has 21 aromatic rings. The molecular weight excluding hydrogens is 1270 g/mol. The van der Waals surface area contributed by atoms with Crippen molar-refractivity contribution in [1.29, 1.82) is 0 Å². The summed E-state index contributed by atoms with van der Waals surface area (Å²) in [5.41, 5.74) is 15.5. The molecule has 0 fully saturated rings. The van der Waals surface area contributed by atoms with Crippen LogP contribution >= 0.6 is 0 Å². The van der Waals surface area contributed by atoms with E-state index in [1.165, 1.54) is 59.4 Å². The molecule has 0 aliphatic heterocycles. The average molecular weight is 1330 g/mol. The van der Waals surface area contributed by atoms with Gasteiger partial charge in [-0.3, -0.25) is 0 Å². The number of rotatable bonds is 9. The van der Waals surface area contributed by atoms with Crippen LogP contribution in [0.25, 0.3) is 210 Å². The average Bonchev–Trinajstić information content (AvgIpc) is 1.56. The van der Waals surface area contributed by atoms with Gasteiger partial charge in [-0.2, -0.15) is 0 Å². The highest BCUT2D eigenvalue weighted by Gasteiger charge is 2.23. The Morgan fingerprint density at radius 1 is 0.163 bits per heavy atom. The number of nitrogens with zero attached hydrogens (tertiary/aromatic N) is 6. The summed E-state index contributed by atoms with van der Waals surface area (Å²) in [6.45, 7) is 0. The van der Waals surface area contributed by atoms with Gasteiger partial charge in [0.05, 0.1) is 0 Å². The lowest BCUT2D eigenvalue weighted by Gasteiger charge is -2.12. The predicted molar refractivity (Wildman–Crippen MR) is 428 cm³/mol. The summed E-state index contributed by atoms with van der Waals surface area (Å²) in [4.78, 5) is 30.7. The van der Waals surface area contributed by atoms with Crippen LogP contribution in [0.4, 0.5) is 0 Å². The van der Waals surface area contributed by atoms with Crippen molar-refractivity contribution in [3.8, 4) is 102 Å². The molecule has 0 atom stereocenters. The number of aromatic nitrogens is 6. The lowest BCUT2D eigenvalue weighted by Crippen LogP contribution is -2.00. The third-order valence-corrected chi connectivity index (χ3v) is 20.2. The molecule has 0 spiro atoms. The van der Waals surface area contributed by atoms with Crippen LogP contribution in [0.15, 0.2) is 361 Å². The van der Waals surface area contributed by atoms with Crippen LogP contribution in [0.5, 0.6) is 0 Å². The molecule has 8 nitrogen and oxygen atoms in total. The summed E-state index contributed by atoms with van der Waals surface area (Å²) in [6, 6.07) is 123.